The second-order valence-electron chi connectivity index (χ2n) is 9.59. The number of halogens is 6. The average molecular weight is 572 g/mol. The van der Waals surface area contributed by atoms with E-state index in [-0.39, 0.29) is 11.6 Å². The van der Waals surface area contributed by atoms with Crippen molar-refractivity contribution in [2.75, 3.05) is 13.1 Å². The van der Waals surface area contributed by atoms with Crippen LogP contribution in [0, 0.1) is 5.82 Å². The molecule has 2 aromatic carbocycles. The van der Waals surface area contributed by atoms with Crippen LogP contribution >= 0.6 is 23.2 Å². The van der Waals surface area contributed by atoms with Gasteiger partial charge in [-0.25, -0.2) is 4.39 Å². The molecule has 1 fully saturated rings. The maximum atomic E-state index is 14.4. The topological polar surface area (TPSA) is 71.0 Å². The Morgan fingerprint density at radius 1 is 1.21 bits per heavy atom. The van der Waals surface area contributed by atoms with Gasteiger partial charge in [-0.05, 0) is 61.9 Å². The van der Waals surface area contributed by atoms with Crippen molar-refractivity contribution in [3.63, 3.8) is 0 Å². The number of likely N-dealkylation sites (N-methyl/N-ethyl adjacent to an activating group) is 1. The van der Waals surface area contributed by atoms with Crippen LogP contribution in [0.2, 0.25) is 10.0 Å². The van der Waals surface area contributed by atoms with Crippen molar-refractivity contribution in [1.29, 1.82) is 0 Å². The number of fused-ring (bicyclic) bond motifs is 1. The lowest BCUT2D eigenvalue weighted by molar-refractivity contribution is -0.275. The van der Waals surface area contributed by atoms with E-state index < -0.39 is 51.6 Å². The number of likely N-dealkylation sites (tertiary alicyclic amines) is 1. The second kappa shape index (κ2) is 9.72. The van der Waals surface area contributed by atoms with Gasteiger partial charge in [-0.1, -0.05) is 34.4 Å². The largest absolute Gasteiger partial charge is 0.435 e. The van der Waals surface area contributed by atoms with Crippen LogP contribution in [0.25, 0.3) is 0 Å². The highest BCUT2D eigenvalue weighted by Gasteiger charge is 2.62. The number of benzene rings is 2. The summed E-state index contributed by atoms with van der Waals surface area (Å²) >= 11 is 11.6. The first-order chi connectivity index (χ1) is 18.0. The fraction of sp³-hybridized carbons (Fsp3) is 0.423. The van der Waals surface area contributed by atoms with Crippen LogP contribution in [-0.4, -0.2) is 47.7 Å². The van der Waals surface area contributed by atoms with E-state index in [1.54, 1.807) is 17.0 Å². The molecule has 1 aliphatic carbocycles. The van der Waals surface area contributed by atoms with Crippen LogP contribution in [0.1, 0.15) is 58.8 Å². The highest BCUT2D eigenvalue weighted by Crippen LogP contribution is 2.50. The monoisotopic (exact) mass is 571 g/mol. The van der Waals surface area contributed by atoms with Crippen molar-refractivity contribution in [2.45, 2.75) is 56.8 Å². The molecule has 1 N–H and O–H groups in total. The van der Waals surface area contributed by atoms with E-state index in [1.807, 2.05) is 6.92 Å². The molecule has 2 heterocycles. The van der Waals surface area contributed by atoms with Crippen molar-refractivity contribution in [3.05, 3.63) is 67.9 Å². The van der Waals surface area contributed by atoms with E-state index in [0.29, 0.717) is 49.9 Å². The van der Waals surface area contributed by atoms with Gasteiger partial charge in [-0.2, -0.15) is 13.2 Å². The predicted molar refractivity (Wildman–Crippen MR) is 133 cm³/mol. The average Bonchev–Trinajstić information content (AvgIpc) is 3.61. The lowest BCUT2D eigenvalue weighted by Gasteiger charge is -2.30. The van der Waals surface area contributed by atoms with E-state index in [9.17, 15) is 27.2 Å². The summed E-state index contributed by atoms with van der Waals surface area (Å²) in [6.45, 7) is 3.01. The first-order valence-corrected chi connectivity index (χ1v) is 12.9. The number of carbonyl (C=O) groups is 2. The van der Waals surface area contributed by atoms with Crippen LogP contribution in [0.5, 0.6) is 0 Å². The Balaban J connectivity index is 1.45. The zero-order valence-electron chi connectivity index (χ0n) is 20.2. The van der Waals surface area contributed by atoms with Crippen LogP contribution in [0.4, 0.5) is 17.6 Å². The minimum absolute atomic E-state index is 0.0496. The van der Waals surface area contributed by atoms with Gasteiger partial charge < -0.3 is 15.1 Å². The Morgan fingerprint density at radius 2 is 1.89 bits per heavy atom. The van der Waals surface area contributed by atoms with E-state index in [1.165, 1.54) is 0 Å². The van der Waals surface area contributed by atoms with Crippen LogP contribution in [0.3, 0.4) is 0 Å². The SMILES string of the molecule is CCN1CCC(NC(=O)c2ccc(C3=NOC(c4cc(Cl)c(F)c(Cl)c4)(C(F)(F)F)C3)c3c2CCC3)C1=O. The van der Waals surface area contributed by atoms with Gasteiger partial charge in [0.05, 0.1) is 15.8 Å². The molecule has 0 radical (unpaired) electrons. The van der Waals surface area contributed by atoms with E-state index in [2.05, 4.69) is 10.5 Å². The van der Waals surface area contributed by atoms with Gasteiger partial charge in [0.15, 0.2) is 5.82 Å². The fourth-order valence-corrected chi connectivity index (χ4v) is 5.94. The van der Waals surface area contributed by atoms with Crippen LogP contribution in [0.15, 0.2) is 29.4 Å². The summed E-state index contributed by atoms with van der Waals surface area (Å²) in [5.41, 5.74) is -1.03. The molecular formula is C26H23Cl2F4N3O3. The van der Waals surface area contributed by atoms with Gasteiger partial charge in [-0.15, -0.1) is 0 Å². The summed E-state index contributed by atoms with van der Waals surface area (Å²) in [4.78, 5) is 32.3. The van der Waals surface area contributed by atoms with Gasteiger partial charge in [0.2, 0.25) is 5.91 Å². The molecule has 0 bridgehead atoms. The van der Waals surface area contributed by atoms with Crippen LogP contribution in [-0.2, 0) is 28.1 Å². The molecule has 2 unspecified atom stereocenters. The lowest BCUT2D eigenvalue weighted by Crippen LogP contribution is -2.42. The number of nitrogens with zero attached hydrogens (tertiary/aromatic N) is 2. The zero-order chi connectivity index (χ0) is 27.4. The highest BCUT2D eigenvalue weighted by atomic mass is 35.5. The minimum Gasteiger partial charge on any atom is -0.374 e. The third-order valence-electron chi connectivity index (χ3n) is 7.46. The number of hydrogen-bond donors (Lipinski definition) is 1. The first kappa shape index (κ1) is 26.7. The highest BCUT2D eigenvalue weighted by molar-refractivity contribution is 6.35. The summed E-state index contributed by atoms with van der Waals surface area (Å²) in [6, 6.07) is 4.20. The van der Waals surface area contributed by atoms with Crippen molar-refractivity contribution in [2.24, 2.45) is 5.16 Å². The molecule has 12 heteroatoms. The van der Waals surface area contributed by atoms with Crippen molar-refractivity contribution >= 4 is 40.7 Å². The van der Waals surface area contributed by atoms with Gasteiger partial charge in [0.1, 0.15) is 6.04 Å². The molecule has 2 aliphatic heterocycles. The second-order valence-corrected chi connectivity index (χ2v) is 10.4. The molecule has 202 valence electrons. The molecule has 6 nitrogen and oxygen atoms in total. The van der Waals surface area contributed by atoms with Crippen LogP contribution < -0.4 is 5.32 Å². The number of alkyl halides is 3. The maximum absolute atomic E-state index is 14.4. The molecule has 0 aromatic heterocycles. The zero-order valence-corrected chi connectivity index (χ0v) is 21.7. The van der Waals surface area contributed by atoms with E-state index >= 15 is 0 Å². The Labute approximate surface area is 225 Å². The summed E-state index contributed by atoms with van der Waals surface area (Å²) in [5, 5.41) is 5.50. The van der Waals surface area contributed by atoms with Gasteiger partial charge in [0.25, 0.3) is 11.5 Å². The maximum Gasteiger partial charge on any atom is 0.435 e. The van der Waals surface area contributed by atoms with Gasteiger partial charge in [0, 0.05) is 36.2 Å². The molecule has 0 saturated carbocycles. The number of rotatable bonds is 5. The molecule has 2 atom stereocenters. The molecule has 2 amide bonds. The summed E-state index contributed by atoms with van der Waals surface area (Å²) in [7, 11) is 0. The van der Waals surface area contributed by atoms with Crippen molar-refractivity contribution in [3.8, 4) is 0 Å². The van der Waals surface area contributed by atoms with Crippen molar-refractivity contribution < 1.29 is 32.0 Å². The van der Waals surface area contributed by atoms with Crippen molar-refractivity contribution in [1.82, 2.24) is 10.2 Å². The Bertz CT molecular complexity index is 1340. The summed E-state index contributed by atoms with van der Waals surface area (Å²) in [6.07, 6.45) is -3.27. The third kappa shape index (κ3) is 4.31. The number of oxime groups is 1. The molecule has 2 aromatic rings. The molecule has 0 spiro atoms. The lowest BCUT2D eigenvalue weighted by atomic mass is 9.84. The molecule has 5 rings (SSSR count). The summed E-state index contributed by atoms with van der Waals surface area (Å²) < 4.78 is 57.2. The smallest absolute Gasteiger partial charge is 0.374 e. The number of carbonyl (C=O) groups excluding carboxylic acids is 2. The van der Waals surface area contributed by atoms with Gasteiger partial charge in [-0.3, -0.25) is 9.59 Å². The molecular weight excluding hydrogens is 549 g/mol. The fourth-order valence-electron chi connectivity index (χ4n) is 5.45. The molecule has 1 saturated heterocycles. The summed E-state index contributed by atoms with van der Waals surface area (Å²) in [5.74, 6) is -1.55. The molecule has 3 aliphatic rings. The third-order valence-corrected chi connectivity index (χ3v) is 8.01. The van der Waals surface area contributed by atoms with E-state index in [4.69, 9.17) is 28.0 Å². The first-order valence-electron chi connectivity index (χ1n) is 12.2. The Kier molecular flexibility index (Phi) is 6.84. The Hall–Kier alpha value is -2.85. The normalized spacial score (nSPS) is 22.9. The standard InChI is InChI=1S/C26H23Cl2F4N3O3/c1-2-35-9-8-20(24(35)37)33-23(36)17-7-6-16(14-4-3-5-15(14)17)21-12-25(38-34-21,26(30,31)32)13-10-18(27)22(29)19(28)11-13/h6-7,10-11,20H,2-5,8-9,12H2,1H3,(H,33,36). The number of nitrogens with one attached hydrogen (secondary N) is 1. The quantitative estimate of drug-likeness (QED) is 0.377. The number of hydrogen-bond acceptors (Lipinski definition) is 4. The van der Waals surface area contributed by atoms with E-state index in [0.717, 1.165) is 23.3 Å². The number of amides is 2. The molecule has 38 heavy (non-hydrogen) atoms. The van der Waals surface area contributed by atoms with Gasteiger partial charge >= 0.3 is 6.18 Å². The Morgan fingerprint density at radius 3 is 2.53 bits per heavy atom. The minimum atomic E-state index is -4.92. The predicted octanol–water partition coefficient (Wildman–Crippen LogP) is 5.55.